The maximum absolute atomic E-state index is 11.2. The summed E-state index contributed by atoms with van der Waals surface area (Å²) < 4.78 is 4.73. The second-order valence-electron chi connectivity index (χ2n) is 4.38. The van der Waals surface area contributed by atoms with Crippen molar-refractivity contribution in [2.24, 2.45) is 11.3 Å². The third kappa shape index (κ3) is 1.57. The summed E-state index contributed by atoms with van der Waals surface area (Å²) >= 11 is 0. The number of hydrogen-bond donors (Lipinski definition) is 1. The summed E-state index contributed by atoms with van der Waals surface area (Å²) in [6, 6.07) is 0. The summed E-state index contributed by atoms with van der Waals surface area (Å²) in [5.41, 5.74) is 0.490. The van der Waals surface area contributed by atoms with Crippen LogP contribution in [0, 0.1) is 11.3 Å². The standard InChI is InChI=1S/C10H17NO2/c1-13-9(12)8-6-10(7-8)2-4-11-5-3-10/h8,11H,2-7H2,1H3. The van der Waals surface area contributed by atoms with Gasteiger partial charge < -0.3 is 10.1 Å². The molecule has 0 aromatic rings. The predicted octanol–water partition coefficient (Wildman–Crippen LogP) is 0.939. The number of rotatable bonds is 1. The topological polar surface area (TPSA) is 38.3 Å². The van der Waals surface area contributed by atoms with Gasteiger partial charge in [-0.05, 0) is 44.2 Å². The molecular weight excluding hydrogens is 166 g/mol. The van der Waals surface area contributed by atoms with Crippen LogP contribution >= 0.6 is 0 Å². The summed E-state index contributed by atoms with van der Waals surface area (Å²) in [6.07, 6.45) is 4.59. The molecule has 0 aromatic heterocycles. The monoisotopic (exact) mass is 183 g/mol. The van der Waals surface area contributed by atoms with Gasteiger partial charge >= 0.3 is 5.97 Å². The van der Waals surface area contributed by atoms with Crippen molar-refractivity contribution in [3.05, 3.63) is 0 Å². The molecule has 1 aliphatic heterocycles. The molecule has 2 aliphatic rings. The van der Waals surface area contributed by atoms with Gasteiger partial charge in [-0.25, -0.2) is 0 Å². The molecular formula is C10H17NO2. The molecule has 1 saturated heterocycles. The number of methoxy groups -OCH3 is 1. The molecule has 3 nitrogen and oxygen atoms in total. The Hall–Kier alpha value is -0.570. The minimum Gasteiger partial charge on any atom is -0.469 e. The first-order valence-electron chi connectivity index (χ1n) is 5.04. The highest BCUT2D eigenvalue weighted by atomic mass is 16.5. The van der Waals surface area contributed by atoms with E-state index in [2.05, 4.69) is 5.32 Å². The van der Waals surface area contributed by atoms with E-state index in [1.165, 1.54) is 20.0 Å². The van der Waals surface area contributed by atoms with Gasteiger partial charge in [-0.15, -0.1) is 0 Å². The number of esters is 1. The van der Waals surface area contributed by atoms with Crippen molar-refractivity contribution in [3.8, 4) is 0 Å². The fourth-order valence-corrected chi connectivity index (χ4v) is 2.68. The van der Waals surface area contributed by atoms with Crippen LogP contribution in [0.2, 0.25) is 0 Å². The Balaban J connectivity index is 1.85. The molecule has 1 aliphatic carbocycles. The normalized spacial score (nSPS) is 26.8. The quantitative estimate of drug-likeness (QED) is 0.615. The lowest BCUT2D eigenvalue weighted by molar-refractivity contribution is -0.155. The SMILES string of the molecule is COC(=O)C1CC2(CCNCC2)C1. The van der Waals surface area contributed by atoms with E-state index in [-0.39, 0.29) is 11.9 Å². The first kappa shape index (κ1) is 9.00. The molecule has 2 fully saturated rings. The van der Waals surface area contributed by atoms with Gasteiger partial charge in [0, 0.05) is 0 Å². The number of nitrogens with one attached hydrogen (secondary N) is 1. The van der Waals surface area contributed by atoms with E-state index >= 15 is 0 Å². The molecule has 0 atom stereocenters. The number of hydrogen-bond acceptors (Lipinski definition) is 3. The molecule has 1 N–H and O–H groups in total. The summed E-state index contributed by atoms with van der Waals surface area (Å²) in [5, 5.41) is 3.35. The zero-order chi connectivity index (χ0) is 9.31. The van der Waals surface area contributed by atoms with Crippen LogP contribution < -0.4 is 5.32 Å². The second-order valence-corrected chi connectivity index (χ2v) is 4.38. The molecule has 0 bridgehead atoms. The minimum absolute atomic E-state index is 0.0100. The van der Waals surface area contributed by atoms with Gasteiger partial charge in [0.25, 0.3) is 0 Å². The van der Waals surface area contributed by atoms with Gasteiger partial charge in [-0.1, -0.05) is 0 Å². The van der Waals surface area contributed by atoms with Gasteiger partial charge in [0.05, 0.1) is 13.0 Å². The van der Waals surface area contributed by atoms with Crippen molar-refractivity contribution >= 4 is 5.97 Å². The Bertz CT molecular complexity index is 201. The van der Waals surface area contributed by atoms with Gasteiger partial charge in [-0.2, -0.15) is 0 Å². The van der Waals surface area contributed by atoms with Crippen LogP contribution in [0.4, 0.5) is 0 Å². The molecule has 0 radical (unpaired) electrons. The predicted molar refractivity (Wildman–Crippen MR) is 49.3 cm³/mol. The van der Waals surface area contributed by atoms with E-state index in [4.69, 9.17) is 4.74 Å². The summed E-state index contributed by atoms with van der Waals surface area (Å²) in [4.78, 5) is 11.2. The zero-order valence-corrected chi connectivity index (χ0v) is 8.14. The third-order valence-corrected chi connectivity index (χ3v) is 3.56. The Morgan fingerprint density at radius 2 is 2.00 bits per heavy atom. The summed E-state index contributed by atoms with van der Waals surface area (Å²) in [5.74, 6) is 0.187. The molecule has 1 saturated carbocycles. The number of carbonyl (C=O) groups is 1. The average Bonchev–Trinajstić information content (AvgIpc) is 2.14. The average molecular weight is 183 g/mol. The fraction of sp³-hybridized carbons (Fsp3) is 0.900. The van der Waals surface area contributed by atoms with Gasteiger partial charge in [-0.3, -0.25) is 4.79 Å². The Kier molecular flexibility index (Phi) is 2.28. The van der Waals surface area contributed by atoms with Crippen molar-refractivity contribution < 1.29 is 9.53 Å². The van der Waals surface area contributed by atoms with Crippen molar-refractivity contribution in [1.29, 1.82) is 0 Å². The molecule has 1 spiro atoms. The van der Waals surface area contributed by atoms with Crippen LogP contribution in [0.15, 0.2) is 0 Å². The lowest BCUT2D eigenvalue weighted by Gasteiger charge is -2.49. The van der Waals surface area contributed by atoms with E-state index in [0.29, 0.717) is 5.41 Å². The van der Waals surface area contributed by atoms with Crippen LogP contribution in [0.25, 0.3) is 0 Å². The highest BCUT2D eigenvalue weighted by Gasteiger charge is 2.47. The highest BCUT2D eigenvalue weighted by molar-refractivity contribution is 5.73. The zero-order valence-electron chi connectivity index (χ0n) is 8.14. The molecule has 1 heterocycles. The molecule has 3 heteroatoms. The largest absolute Gasteiger partial charge is 0.469 e. The summed E-state index contributed by atoms with van der Waals surface area (Å²) in [6.45, 7) is 2.24. The van der Waals surface area contributed by atoms with Crippen LogP contribution in [0.3, 0.4) is 0 Å². The molecule has 13 heavy (non-hydrogen) atoms. The third-order valence-electron chi connectivity index (χ3n) is 3.56. The first-order chi connectivity index (χ1) is 6.26. The fourth-order valence-electron chi connectivity index (χ4n) is 2.68. The molecule has 74 valence electrons. The van der Waals surface area contributed by atoms with Crippen LogP contribution in [-0.2, 0) is 9.53 Å². The highest BCUT2D eigenvalue weighted by Crippen LogP contribution is 2.51. The van der Waals surface area contributed by atoms with E-state index in [0.717, 1.165) is 25.9 Å². The number of piperidine rings is 1. The van der Waals surface area contributed by atoms with Crippen LogP contribution in [-0.4, -0.2) is 26.2 Å². The summed E-state index contributed by atoms with van der Waals surface area (Å²) in [7, 11) is 1.48. The maximum atomic E-state index is 11.2. The van der Waals surface area contributed by atoms with E-state index < -0.39 is 0 Å². The van der Waals surface area contributed by atoms with Crippen molar-refractivity contribution in [2.45, 2.75) is 25.7 Å². The molecule has 0 aromatic carbocycles. The van der Waals surface area contributed by atoms with E-state index in [9.17, 15) is 4.79 Å². The van der Waals surface area contributed by atoms with E-state index in [1.807, 2.05) is 0 Å². The van der Waals surface area contributed by atoms with Crippen molar-refractivity contribution in [3.63, 3.8) is 0 Å². The van der Waals surface area contributed by atoms with Gasteiger partial charge in [0.15, 0.2) is 0 Å². The van der Waals surface area contributed by atoms with E-state index in [1.54, 1.807) is 0 Å². The maximum Gasteiger partial charge on any atom is 0.308 e. The Morgan fingerprint density at radius 3 is 2.54 bits per heavy atom. The van der Waals surface area contributed by atoms with Crippen LogP contribution in [0.1, 0.15) is 25.7 Å². The lowest BCUT2D eigenvalue weighted by atomic mass is 9.58. The molecule has 0 unspecified atom stereocenters. The first-order valence-corrected chi connectivity index (χ1v) is 5.04. The number of ether oxygens (including phenoxy) is 1. The van der Waals surface area contributed by atoms with Crippen molar-refractivity contribution in [1.82, 2.24) is 5.32 Å². The number of carbonyl (C=O) groups excluding carboxylic acids is 1. The molecule has 0 amide bonds. The minimum atomic E-state index is -0.0100. The smallest absolute Gasteiger partial charge is 0.308 e. The van der Waals surface area contributed by atoms with Gasteiger partial charge in [0.1, 0.15) is 0 Å². The second kappa shape index (κ2) is 3.29. The lowest BCUT2D eigenvalue weighted by Crippen LogP contribution is -2.47. The van der Waals surface area contributed by atoms with Crippen molar-refractivity contribution in [2.75, 3.05) is 20.2 Å². The Morgan fingerprint density at radius 1 is 1.38 bits per heavy atom. The molecule has 2 rings (SSSR count). The Labute approximate surface area is 78.8 Å². The van der Waals surface area contributed by atoms with Gasteiger partial charge in [0.2, 0.25) is 0 Å². The van der Waals surface area contributed by atoms with Crippen LogP contribution in [0.5, 0.6) is 0 Å².